The molecule has 2 aromatic heterocycles. The zero-order chi connectivity index (χ0) is 14.3. The predicted molar refractivity (Wildman–Crippen MR) is 86.5 cm³/mol. The average molecular weight is 285 g/mol. The van der Waals surface area contributed by atoms with E-state index in [4.69, 9.17) is 0 Å². The largest absolute Gasteiger partial charge is 0.375 e. The molecule has 3 aromatic rings. The Bertz CT molecular complexity index is 754. The normalized spacial score (nSPS) is 12.8. The maximum absolute atomic E-state index is 4.38. The van der Waals surface area contributed by atoms with Gasteiger partial charge in [0.1, 0.15) is 0 Å². The summed E-state index contributed by atoms with van der Waals surface area (Å²) < 4.78 is 3.21. The predicted octanol–water partition coefficient (Wildman–Crippen LogP) is 4.42. The van der Waals surface area contributed by atoms with Gasteiger partial charge in [-0.25, -0.2) is 0 Å². The Morgan fingerprint density at radius 1 is 1.25 bits per heavy atom. The molecule has 3 nitrogen and oxygen atoms in total. The molecule has 0 amide bonds. The molecule has 2 heterocycles. The second kappa shape index (κ2) is 4.94. The average Bonchev–Trinajstić information content (AvgIpc) is 2.91. The highest BCUT2D eigenvalue weighted by atomic mass is 32.1. The molecule has 20 heavy (non-hydrogen) atoms. The maximum atomic E-state index is 4.38. The zero-order valence-electron chi connectivity index (χ0n) is 12.3. The Labute approximate surface area is 123 Å². The molecule has 0 radical (unpaired) electrons. The van der Waals surface area contributed by atoms with Crippen LogP contribution in [0.3, 0.4) is 0 Å². The van der Waals surface area contributed by atoms with Crippen LogP contribution >= 0.6 is 11.3 Å². The van der Waals surface area contributed by atoms with Gasteiger partial charge < -0.3 is 5.32 Å². The summed E-state index contributed by atoms with van der Waals surface area (Å²) in [4.78, 5) is 1.40. The van der Waals surface area contributed by atoms with E-state index in [1.807, 2.05) is 36.2 Å². The topological polar surface area (TPSA) is 29.9 Å². The van der Waals surface area contributed by atoms with Gasteiger partial charge in [-0.1, -0.05) is 18.2 Å². The molecule has 1 aromatic carbocycles. The Morgan fingerprint density at radius 3 is 2.65 bits per heavy atom. The summed E-state index contributed by atoms with van der Waals surface area (Å²) in [7, 11) is 1.95. The van der Waals surface area contributed by atoms with Gasteiger partial charge in [-0.05, 0) is 37.8 Å². The molecule has 0 aliphatic rings. The molecule has 0 fully saturated rings. The number of nitrogens with one attached hydrogen (secondary N) is 1. The van der Waals surface area contributed by atoms with Crippen molar-refractivity contribution in [2.24, 2.45) is 7.05 Å². The van der Waals surface area contributed by atoms with Crippen molar-refractivity contribution in [3.05, 3.63) is 46.6 Å². The van der Waals surface area contributed by atoms with Gasteiger partial charge in [0.2, 0.25) is 0 Å². The minimum atomic E-state index is 0.287. The Balaban J connectivity index is 1.94. The van der Waals surface area contributed by atoms with Gasteiger partial charge in [-0.3, -0.25) is 4.68 Å². The van der Waals surface area contributed by atoms with E-state index in [1.54, 1.807) is 0 Å². The van der Waals surface area contributed by atoms with Crippen LogP contribution in [0, 0.1) is 13.8 Å². The van der Waals surface area contributed by atoms with Crippen LogP contribution in [0.1, 0.15) is 29.1 Å². The van der Waals surface area contributed by atoms with E-state index in [1.165, 1.54) is 20.5 Å². The first-order chi connectivity index (χ1) is 9.56. The van der Waals surface area contributed by atoms with Gasteiger partial charge in [0, 0.05) is 22.8 Å². The van der Waals surface area contributed by atoms with Crippen molar-refractivity contribution in [1.29, 1.82) is 0 Å². The van der Waals surface area contributed by atoms with Crippen LogP contribution in [0.4, 0.5) is 5.69 Å². The number of fused-ring (bicyclic) bond motifs is 1. The van der Waals surface area contributed by atoms with Crippen molar-refractivity contribution in [2.75, 3.05) is 5.32 Å². The third-order valence-corrected chi connectivity index (χ3v) is 5.11. The molecule has 0 bridgehead atoms. The quantitative estimate of drug-likeness (QED) is 0.771. The number of anilines is 1. The molecule has 1 N–H and O–H groups in total. The van der Waals surface area contributed by atoms with E-state index in [9.17, 15) is 0 Å². The summed E-state index contributed by atoms with van der Waals surface area (Å²) in [5.41, 5.74) is 3.53. The fraction of sp³-hybridized carbons (Fsp3) is 0.312. The van der Waals surface area contributed by atoms with E-state index in [2.05, 4.69) is 48.5 Å². The van der Waals surface area contributed by atoms with E-state index in [0.29, 0.717) is 0 Å². The van der Waals surface area contributed by atoms with Gasteiger partial charge in [0.15, 0.2) is 0 Å². The van der Waals surface area contributed by atoms with Crippen molar-refractivity contribution in [2.45, 2.75) is 26.8 Å². The summed E-state index contributed by atoms with van der Waals surface area (Å²) >= 11 is 1.87. The third kappa shape index (κ3) is 2.20. The molecule has 1 atom stereocenters. The number of hydrogen-bond acceptors (Lipinski definition) is 3. The van der Waals surface area contributed by atoms with Crippen molar-refractivity contribution in [3.8, 4) is 0 Å². The third-order valence-electron chi connectivity index (χ3n) is 3.66. The minimum Gasteiger partial charge on any atom is -0.375 e. The highest BCUT2D eigenvalue weighted by molar-refractivity contribution is 7.19. The lowest BCUT2D eigenvalue weighted by Crippen LogP contribution is -2.06. The van der Waals surface area contributed by atoms with Crippen LogP contribution < -0.4 is 5.32 Å². The number of rotatable bonds is 3. The second-order valence-corrected chi connectivity index (χ2v) is 6.34. The highest BCUT2D eigenvalue weighted by Crippen LogP contribution is 2.36. The second-order valence-electron chi connectivity index (χ2n) is 5.26. The zero-order valence-corrected chi connectivity index (χ0v) is 13.1. The van der Waals surface area contributed by atoms with E-state index >= 15 is 0 Å². The van der Waals surface area contributed by atoms with Crippen LogP contribution in [-0.2, 0) is 7.05 Å². The number of aryl methyl sites for hydroxylation is 3. The van der Waals surface area contributed by atoms with Crippen LogP contribution in [0.25, 0.3) is 10.1 Å². The SMILES string of the molecule is Cc1nn(C)cc1NC(C)c1sc2ccccc2c1C. The van der Waals surface area contributed by atoms with Gasteiger partial charge in [-0.2, -0.15) is 5.10 Å². The molecule has 4 heteroatoms. The lowest BCUT2D eigenvalue weighted by atomic mass is 10.1. The van der Waals surface area contributed by atoms with Crippen LogP contribution in [0.15, 0.2) is 30.5 Å². The minimum absolute atomic E-state index is 0.287. The van der Waals surface area contributed by atoms with Gasteiger partial charge >= 0.3 is 0 Å². The smallest absolute Gasteiger partial charge is 0.0825 e. The Kier molecular flexibility index (Phi) is 3.26. The standard InChI is InChI=1S/C16H19N3S/c1-10-13-7-5-6-8-15(13)20-16(10)12(3)17-14-9-19(4)18-11(14)2/h5-9,12,17H,1-4H3. The molecule has 0 aliphatic heterocycles. The molecule has 1 unspecified atom stereocenters. The molecular weight excluding hydrogens is 266 g/mol. The number of aromatic nitrogens is 2. The first-order valence-electron chi connectivity index (χ1n) is 6.81. The summed E-state index contributed by atoms with van der Waals surface area (Å²) in [6.45, 7) is 6.46. The lowest BCUT2D eigenvalue weighted by Gasteiger charge is -2.14. The van der Waals surface area contributed by atoms with Gasteiger partial charge in [-0.15, -0.1) is 11.3 Å². The van der Waals surface area contributed by atoms with Crippen LogP contribution in [0.5, 0.6) is 0 Å². The van der Waals surface area contributed by atoms with E-state index in [0.717, 1.165) is 11.4 Å². The number of benzene rings is 1. The summed E-state index contributed by atoms with van der Waals surface area (Å²) in [6, 6.07) is 8.89. The number of hydrogen-bond donors (Lipinski definition) is 1. The summed E-state index contributed by atoms with van der Waals surface area (Å²) in [5, 5.41) is 9.32. The molecule has 3 rings (SSSR count). The summed E-state index contributed by atoms with van der Waals surface area (Å²) in [5.74, 6) is 0. The molecule has 0 saturated carbocycles. The van der Waals surface area contributed by atoms with Crippen molar-refractivity contribution in [3.63, 3.8) is 0 Å². The van der Waals surface area contributed by atoms with Crippen molar-refractivity contribution in [1.82, 2.24) is 9.78 Å². The first kappa shape index (κ1) is 13.2. The Morgan fingerprint density at radius 2 is 2.00 bits per heavy atom. The van der Waals surface area contributed by atoms with Crippen molar-refractivity contribution >= 4 is 27.1 Å². The molecule has 104 valence electrons. The number of nitrogens with zero attached hydrogens (tertiary/aromatic N) is 2. The monoisotopic (exact) mass is 285 g/mol. The van der Waals surface area contributed by atoms with Crippen LogP contribution in [0.2, 0.25) is 0 Å². The molecular formula is C16H19N3S. The fourth-order valence-electron chi connectivity index (χ4n) is 2.65. The highest BCUT2D eigenvalue weighted by Gasteiger charge is 2.15. The molecule has 0 spiro atoms. The first-order valence-corrected chi connectivity index (χ1v) is 7.62. The Hall–Kier alpha value is -1.81. The fourth-order valence-corrected chi connectivity index (χ4v) is 3.86. The van der Waals surface area contributed by atoms with Crippen molar-refractivity contribution < 1.29 is 0 Å². The number of thiophene rings is 1. The maximum Gasteiger partial charge on any atom is 0.0825 e. The molecule has 0 saturated heterocycles. The van der Waals surface area contributed by atoms with Gasteiger partial charge in [0.05, 0.1) is 17.4 Å². The van der Waals surface area contributed by atoms with E-state index in [-0.39, 0.29) is 6.04 Å². The van der Waals surface area contributed by atoms with Gasteiger partial charge in [0.25, 0.3) is 0 Å². The molecule has 0 aliphatic carbocycles. The van der Waals surface area contributed by atoms with E-state index < -0.39 is 0 Å². The lowest BCUT2D eigenvalue weighted by molar-refractivity contribution is 0.756. The van der Waals surface area contributed by atoms with Crippen LogP contribution in [-0.4, -0.2) is 9.78 Å². The summed E-state index contributed by atoms with van der Waals surface area (Å²) in [6.07, 6.45) is 2.04.